The van der Waals surface area contributed by atoms with Crippen molar-refractivity contribution in [2.75, 3.05) is 6.54 Å². The smallest absolute Gasteiger partial charge is 0.0110 e. The third-order valence-electron chi connectivity index (χ3n) is 7.07. The maximum atomic E-state index is 5.99. The van der Waals surface area contributed by atoms with E-state index in [1.807, 2.05) is 0 Å². The molecule has 4 aliphatic rings. The zero-order valence-electron chi connectivity index (χ0n) is 12.2. The number of rotatable bonds is 3. The first-order valence-electron chi connectivity index (χ1n) is 8.83. The maximum Gasteiger partial charge on any atom is 0.0110 e. The molecule has 0 amide bonds. The summed E-state index contributed by atoms with van der Waals surface area (Å²) >= 11 is 0. The highest BCUT2D eigenvalue weighted by Crippen LogP contribution is 2.58. The molecule has 7 unspecified atom stereocenters. The van der Waals surface area contributed by atoms with Gasteiger partial charge in [-0.25, -0.2) is 0 Å². The van der Waals surface area contributed by atoms with Crippen molar-refractivity contribution in [2.45, 2.75) is 69.9 Å². The topological polar surface area (TPSA) is 38.0 Å². The van der Waals surface area contributed by atoms with Gasteiger partial charge in [0.15, 0.2) is 0 Å². The lowest BCUT2D eigenvalue weighted by molar-refractivity contribution is 0.167. The zero-order chi connectivity index (χ0) is 12.8. The van der Waals surface area contributed by atoms with Crippen molar-refractivity contribution in [1.82, 2.24) is 5.32 Å². The van der Waals surface area contributed by atoms with E-state index in [4.69, 9.17) is 5.73 Å². The minimum atomic E-state index is 0.739. The molecular weight excluding hydrogens is 232 g/mol. The van der Waals surface area contributed by atoms with Crippen LogP contribution in [0.25, 0.3) is 0 Å². The van der Waals surface area contributed by atoms with E-state index in [-0.39, 0.29) is 0 Å². The fourth-order valence-electron chi connectivity index (χ4n) is 6.24. The molecule has 7 atom stereocenters. The van der Waals surface area contributed by atoms with Gasteiger partial charge in [0.1, 0.15) is 0 Å². The summed E-state index contributed by atoms with van der Waals surface area (Å²) in [6, 6.07) is 1.59. The van der Waals surface area contributed by atoms with Gasteiger partial charge < -0.3 is 11.1 Å². The van der Waals surface area contributed by atoms with Gasteiger partial charge in [0.05, 0.1) is 0 Å². The van der Waals surface area contributed by atoms with Crippen LogP contribution in [0.4, 0.5) is 0 Å². The minimum absolute atomic E-state index is 0.739. The van der Waals surface area contributed by atoms with E-state index in [0.29, 0.717) is 0 Å². The van der Waals surface area contributed by atoms with E-state index in [1.165, 1.54) is 44.9 Å². The van der Waals surface area contributed by atoms with Crippen LogP contribution >= 0.6 is 0 Å². The van der Waals surface area contributed by atoms with Crippen LogP contribution in [0.1, 0.15) is 57.8 Å². The second kappa shape index (κ2) is 5.04. The summed E-state index contributed by atoms with van der Waals surface area (Å²) < 4.78 is 0. The summed E-state index contributed by atoms with van der Waals surface area (Å²) in [7, 11) is 0. The molecule has 3 N–H and O–H groups in total. The Morgan fingerprint density at radius 1 is 0.789 bits per heavy atom. The molecule has 0 radical (unpaired) electrons. The molecule has 0 aromatic heterocycles. The fourth-order valence-corrected chi connectivity index (χ4v) is 6.24. The van der Waals surface area contributed by atoms with Crippen LogP contribution in [0.15, 0.2) is 0 Å². The largest absolute Gasteiger partial charge is 0.330 e. The van der Waals surface area contributed by atoms with Crippen molar-refractivity contribution < 1.29 is 0 Å². The Kier molecular flexibility index (Phi) is 3.35. The molecule has 0 heterocycles. The highest BCUT2D eigenvalue weighted by Gasteiger charge is 2.54. The first kappa shape index (κ1) is 12.6. The molecule has 108 valence electrons. The molecule has 4 rings (SSSR count). The van der Waals surface area contributed by atoms with Crippen LogP contribution in [-0.2, 0) is 0 Å². The number of nitrogens with one attached hydrogen (secondary N) is 1. The Labute approximate surface area is 117 Å². The lowest BCUT2D eigenvalue weighted by Gasteiger charge is -2.39. The molecule has 0 aliphatic heterocycles. The monoisotopic (exact) mass is 262 g/mol. The second-order valence-corrected chi connectivity index (χ2v) is 7.81. The van der Waals surface area contributed by atoms with Crippen molar-refractivity contribution in [2.24, 2.45) is 35.3 Å². The average Bonchev–Trinajstić information content (AvgIpc) is 3.11. The summed E-state index contributed by atoms with van der Waals surface area (Å²) in [6.45, 7) is 0.893. The predicted octanol–water partition coefficient (Wildman–Crippen LogP) is 2.92. The molecule has 0 aromatic carbocycles. The Hall–Kier alpha value is -0.0800. The molecule has 4 aliphatic carbocycles. The SMILES string of the molecule is NCC1CCCCC1NC1CC2CC1C1CCCC21. The van der Waals surface area contributed by atoms with Crippen molar-refractivity contribution in [3.8, 4) is 0 Å². The quantitative estimate of drug-likeness (QED) is 0.821. The molecule has 2 bridgehead atoms. The van der Waals surface area contributed by atoms with Crippen molar-refractivity contribution in [3.63, 3.8) is 0 Å². The van der Waals surface area contributed by atoms with Crippen LogP contribution in [-0.4, -0.2) is 18.6 Å². The third-order valence-corrected chi connectivity index (χ3v) is 7.07. The molecule has 0 saturated heterocycles. The number of nitrogens with two attached hydrogens (primary N) is 1. The molecule has 2 heteroatoms. The van der Waals surface area contributed by atoms with Crippen LogP contribution in [0, 0.1) is 29.6 Å². The van der Waals surface area contributed by atoms with Gasteiger partial charge in [-0.15, -0.1) is 0 Å². The molecule has 4 saturated carbocycles. The van der Waals surface area contributed by atoms with E-state index in [2.05, 4.69) is 5.32 Å². The van der Waals surface area contributed by atoms with Crippen LogP contribution in [0.5, 0.6) is 0 Å². The summed E-state index contributed by atoms with van der Waals surface area (Å²) in [5.74, 6) is 5.08. The van der Waals surface area contributed by atoms with Gasteiger partial charge in [0, 0.05) is 12.1 Å². The first-order valence-corrected chi connectivity index (χ1v) is 8.83. The Morgan fingerprint density at radius 3 is 2.53 bits per heavy atom. The van der Waals surface area contributed by atoms with Gasteiger partial charge in [-0.3, -0.25) is 0 Å². The lowest BCUT2D eigenvalue weighted by atomic mass is 9.77. The highest BCUT2D eigenvalue weighted by atomic mass is 15.0. The van der Waals surface area contributed by atoms with E-state index in [0.717, 1.165) is 48.2 Å². The summed E-state index contributed by atoms with van der Waals surface area (Å²) in [5.41, 5.74) is 5.99. The van der Waals surface area contributed by atoms with Crippen molar-refractivity contribution in [3.05, 3.63) is 0 Å². The van der Waals surface area contributed by atoms with E-state index in [1.54, 1.807) is 12.8 Å². The Bertz CT molecular complexity index is 329. The zero-order valence-corrected chi connectivity index (χ0v) is 12.2. The fraction of sp³-hybridized carbons (Fsp3) is 1.00. The second-order valence-electron chi connectivity index (χ2n) is 7.81. The van der Waals surface area contributed by atoms with Gasteiger partial charge in [-0.2, -0.15) is 0 Å². The van der Waals surface area contributed by atoms with Gasteiger partial charge in [-0.1, -0.05) is 19.3 Å². The molecule has 0 spiro atoms. The normalized spacial score (nSPS) is 52.6. The van der Waals surface area contributed by atoms with Crippen molar-refractivity contribution >= 4 is 0 Å². The Balaban J connectivity index is 1.41. The average molecular weight is 262 g/mol. The molecular formula is C17H30N2. The Morgan fingerprint density at radius 2 is 1.63 bits per heavy atom. The molecule has 19 heavy (non-hydrogen) atoms. The lowest BCUT2D eigenvalue weighted by Crippen LogP contribution is -2.50. The summed E-state index contributed by atoms with van der Waals surface area (Å²) in [6.07, 6.45) is 13.2. The van der Waals surface area contributed by atoms with E-state index in [9.17, 15) is 0 Å². The van der Waals surface area contributed by atoms with Crippen LogP contribution in [0.2, 0.25) is 0 Å². The summed E-state index contributed by atoms with van der Waals surface area (Å²) in [4.78, 5) is 0. The minimum Gasteiger partial charge on any atom is -0.330 e. The van der Waals surface area contributed by atoms with Gasteiger partial charge in [0.2, 0.25) is 0 Å². The predicted molar refractivity (Wildman–Crippen MR) is 78.8 cm³/mol. The molecule has 0 aromatic rings. The maximum absolute atomic E-state index is 5.99. The number of hydrogen-bond acceptors (Lipinski definition) is 2. The first-order chi connectivity index (χ1) is 9.36. The van der Waals surface area contributed by atoms with Crippen molar-refractivity contribution in [1.29, 1.82) is 0 Å². The number of hydrogen-bond donors (Lipinski definition) is 2. The molecule has 2 nitrogen and oxygen atoms in total. The van der Waals surface area contributed by atoms with Crippen LogP contribution in [0.3, 0.4) is 0 Å². The van der Waals surface area contributed by atoms with E-state index < -0.39 is 0 Å². The standard InChI is InChI=1S/C17H30N2/c18-10-11-4-1-2-7-16(11)19-17-9-12-8-15(17)14-6-3-5-13(12)14/h11-17,19H,1-10,18H2. The van der Waals surface area contributed by atoms with E-state index >= 15 is 0 Å². The number of fused-ring (bicyclic) bond motifs is 5. The van der Waals surface area contributed by atoms with Gasteiger partial charge >= 0.3 is 0 Å². The molecule has 4 fully saturated rings. The summed E-state index contributed by atoms with van der Waals surface area (Å²) in [5, 5.41) is 4.08. The van der Waals surface area contributed by atoms with Gasteiger partial charge in [-0.05, 0) is 74.7 Å². The van der Waals surface area contributed by atoms with Gasteiger partial charge in [0.25, 0.3) is 0 Å². The van der Waals surface area contributed by atoms with Crippen LogP contribution < -0.4 is 11.1 Å². The third kappa shape index (κ3) is 2.06. The highest BCUT2D eigenvalue weighted by molar-refractivity contribution is 5.06.